The number of rotatable bonds is 5. The third kappa shape index (κ3) is 5.47. The summed E-state index contributed by atoms with van der Waals surface area (Å²) < 4.78 is 0. The molecule has 138 valence electrons. The topological polar surface area (TPSA) is 65.8 Å². The lowest BCUT2D eigenvalue weighted by atomic mass is 9.73. The summed E-state index contributed by atoms with van der Waals surface area (Å²) in [6.07, 6.45) is 2.82. The van der Waals surface area contributed by atoms with Crippen molar-refractivity contribution < 1.29 is 9.90 Å². The molecule has 2 heterocycles. The molecule has 5 nitrogen and oxygen atoms in total. The molecule has 6 heteroatoms. The molecule has 2 unspecified atom stereocenters. The van der Waals surface area contributed by atoms with Crippen LogP contribution in [0.4, 0.5) is 0 Å². The molecule has 1 aliphatic rings. The lowest BCUT2D eigenvalue weighted by Gasteiger charge is -2.42. The SMILES string of the molecule is CN=C(/C=C(\C)CN1CC(C(=O)O)CC(C(C)(C)C)C1)c1cscn1. The van der Waals surface area contributed by atoms with Crippen LogP contribution < -0.4 is 0 Å². The predicted molar refractivity (Wildman–Crippen MR) is 103 cm³/mol. The molecule has 0 spiro atoms. The van der Waals surface area contributed by atoms with Crippen molar-refractivity contribution in [1.29, 1.82) is 0 Å². The molecule has 1 aromatic heterocycles. The summed E-state index contributed by atoms with van der Waals surface area (Å²) in [6.45, 7) is 11.0. The number of carboxylic acid groups (broad SMARTS) is 1. The fourth-order valence-corrected chi connectivity index (χ4v) is 3.90. The molecular weight excluding hydrogens is 334 g/mol. The predicted octanol–water partition coefficient (Wildman–Crippen LogP) is 3.58. The largest absolute Gasteiger partial charge is 0.481 e. The van der Waals surface area contributed by atoms with Crippen molar-refractivity contribution in [3.8, 4) is 0 Å². The Balaban J connectivity index is 2.11. The fraction of sp³-hybridized carbons (Fsp3) is 0.632. The summed E-state index contributed by atoms with van der Waals surface area (Å²) in [5.41, 5.74) is 4.85. The van der Waals surface area contributed by atoms with Gasteiger partial charge < -0.3 is 5.11 Å². The number of aliphatic imine (C=N–C) groups is 1. The number of nitrogens with zero attached hydrogens (tertiary/aromatic N) is 3. The number of piperidine rings is 1. The number of hydrogen-bond donors (Lipinski definition) is 1. The van der Waals surface area contributed by atoms with Gasteiger partial charge >= 0.3 is 5.97 Å². The lowest BCUT2D eigenvalue weighted by molar-refractivity contribution is -0.145. The summed E-state index contributed by atoms with van der Waals surface area (Å²) in [5, 5.41) is 11.5. The van der Waals surface area contributed by atoms with Crippen LogP contribution in [-0.2, 0) is 4.79 Å². The Hall–Kier alpha value is -1.53. The van der Waals surface area contributed by atoms with Crippen LogP contribution in [0.2, 0.25) is 0 Å². The third-order valence-corrected chi connectivity index (χ3v) is 5.48. The van der Waals surface area contributed by atoms with Crippen LogP contribution in [0.25, 0.3) is 0 Å². The van der Waals surface area contributed by atoms with Crippen LogP contribution in [-0.4, -0.2) is 53.4 Å². The number of hydrogen-bond acceptors (Lipinski definition) is 5. The van der Waals surface area contributed by atoms with Gasteiger partial charge in [-0.2, -0.15) is 0 Å². The minimum absolute atomic E-state index is 0.112. The Morgan fingerprint density at radius 2 is 2.20 bits per heavy atom. The molecular formula is C19H29N3O2S. The second-order valence-electron chi connectivity index (χ2n) is 8.00. The van der Waals surface area contributed by atoms with E-state index in [-0.39, 0.29) is 11.3 Å². The standard InChI is InChI=1S/C19H29N3O2S/c1-13(6-16(20-5)17-11-25-12-21-17)8-22-9-14(18(23)24)7-15(10-22)19(2,3)4/h6,11-12,14-15H,7-10H2,1-5H3,(H,23,24)/b13-6+,20-16?. The number of carboxylic acids is 1. The number of aliphatic carboxylic acids is 1. The summed E-state index contributed by atoms with van der Waals surface area (Å²) >= 11 is 1.56. The van der Waals surface area contributed by atoms with Crippen molar-refractivity contribution in [1.82, 2.24) is 9.88 Å². The van der Waals surface area contributed by atoms with Gasteiger partial charge in [0, 0.05) is 32.1 Å². The molecule has 1 aliphatic heterocycles. The highest BCUT2D eigenvalue weighted by molar-refractivity contribution is 7.07. The van der Waals surface area contributed by atoms with E-state index in [0.717, 1.165) is 30.9 Å². The van der Waals surface area contributed by atoms with E-state index in [4.69, 9.17) is 0 Å². The molecule has 2 atom stereocenters. The van der Waals surface area contributed by atoms with Crippen LogP contribution >= 0.6 is 11.3 Å². The van der Waals surface area contributed by atoms with Gasteiger partial charge in [0.25, 0.3) is 0 Å². The first-order valence-corrected chi connectivity index (χ1v) is 9.62. The summed E-state index contributed by atoms with van der Waals surface area (Å²) in [5.74, 6) is -0.588. The highest BCUT2D eigenvalue weighted by atomic mass is 32.1. The maximum absolute atomic E-state index is 11.6. The Bertz CT molecular complexity index is 644. The Labute approximate surface area is 154 Å². The zero-order valence-corrected chi connectivity index (χ0v) is 16.6. The van der Waals surface area contributed by atoms with E-state index >= 15 is 0 Å². The summed E-state index contributed by atoms with van der Waals surface area (Å²) in [6, 6.07) is 0. The van der Waals surface area contributed by atoms with Crippen LogP contribution in [0.5, 0.6) is 0 Å². The van der Waals surface area contributed by atoms with E-state index in [1.54, 1.807) is 23.9 Å². The van der Waals surface area contributed by atoms with E-state index in [1.165, 1.54) is 5.57 Å². The van der Waals surface area contributed by atoms with E-state index in [1.807, 2.05) is 5.38 Å². The van der Waals surface area contributed by atoms with Crippen LogP contribution in [0, 0.1) is 17.3 Å². The molecule has 1 saturated heterocycles. The van der Waals surface area contributed by atoms with Gasteiger partial charge in [-0.25, -0.2) is 4.98 Å². The molecule has 1 N–H and O–H groups in total. The van der Waals surface area contributed by atoms with Gasteiger partial charge in [0.1, 0.15) is 0 Å². The number of likely N-dealkylation sites (tertiary alicyclic amines) is 1. The Morgan fingerprint density at radius 1 is 1.48 bits per heavy atom. The second-order valence-corrected chi connectivity index (χ2v) is 8.72. The van der Waals surface area contributed by atoms with E-state index in [9.17, 15) is 9.90 Å². The quantitative estimate of drug-likeness (QED) is 0.812. The van der Waals surface area contributed by atoms with Gasteiger partial charge in [0.15, 0.2) is 0 Å². The normalized spacial score (nSPS) is 23.7. The van der Waals surface area contributed by atoms with Gasteiger partial charge in [-0.3, -0.25) is 14.7 Å². The van der Waals surface area contributed by atoms with E-state index < -0.39 is 5.97 Å². The van der Waals surface area contributed by atoms with Crippen LogP contribution in [0.15, 0.2) is 27.5 Å². The van der Waals surface area contributed by atoms with Crippen molar-refractivity contribution in [2.45, 2.75) is 34.1 Å². The summed E-state index contributed by atoms with van der Waals surface area (Å²) in [4.78, 5) is 22.5. The Morgan fingerprint density at radius 3 is 2.72 bits per heavy atom. The van der Waals surface area contributed by atoms with Crippen molar-refractivity contribution in [2.24, 2.45) is 22.2 Å². The molecule has 25 heavy (non-hydrogen) atoms. The first-order valence-electron chi connectivity index (χ1n) is 8.68. The molecule has 2 rings (SSSR count). The average molecular weight is 364 g/mol. The second kappa shape index (κ2) is 8.23. The van der Waals surface area contributed by atoms with Crippen molar-refractivity contribution >= 4 is 23.0 Å². The highest BCUT2D eigenvalue weighted by Gasteiger charge is 2.36. The van der Waals surface area contributed by atoms with Gasteiger partial charge in [-0.15, -0.1) is 11.3 Å². The minimum atomic E-state index is -0.682. The van der Waals surface area contributed by atoms with E-state index in [2.05, 4.69) is 48.6 Å². The van der Waals surface area contributed by atoms with Crippen LogP contribution in [0.1, 0.15) is 39.8 Å². The van der Waals surface area contributed by atoms with Crippen molar-refractivity contribution in [3.63, 3.8) is 0 Å². The molecule has 0 aromatic carbocycles. The van der Waals surface area contributed by atoms with Crippen LogP contribution in [0.3, 0.4) is 0 Å². The Kier molecular flexibility index (Phi) is 6.52. The molecule has 0 amide bonds. The van der Waals surface area contributed by atoms with Gasteiger partial charge in [0.2, 0.25) is 0 Å². The summed E-state index contributed by atoms with van der Waals surface area (Å²) in [7, 11) is 1.77. The maximum Gasteiger partial charge on any atom is 0.307 e. The fourth-order valence-electron chi connectivity index (χ4n) is 3.35. The number of carbonyl (C=O) groups is 1. The van der Waals surface area contributed by atoms with Gasteiger partial charge in [-0.1, -0.05) is 26.3 Å². The smallest absolute Gasteiger partial charge is 0.307 e. The minimum Gasteiger partial charge on any atom is -0.481 e. The average Bonchev–Trinajstić information content (AvgIpc) is 3.05. The molecule has 0 bridgehead atoms. The molecule has 0 saturated carbocycles. The zero-order valence-electron chi connectivity index (χ0n) is 15.8. The first kappa shape index (κ1) is 19.8. The molecule has 1 aromatic rings. The number of aromatic nitrogens is 1. The zero-order chi connectivity index (χ0) is 18.6. The molecule has 0 radical (unpaired) electrons. The highest BCUT2D eigenvalue weighted by Crippen LogP contribution is 2.35. The van der Waals surface area contributed by atoms with Gasteiger partial charge in [0.05, 0.1) is 22.8 Å². The molecule has 0 aliphatic carbocycles. The van der Waals surface area contributed by atoms with E-state index in [0.29, 0.717) is 12.5 Å². The third-order valence-electron chi connectivity index (χ3n) is 4.89. The lowest BCUT2D eigenvalue weighted by Crippen LogP contribution is -2.47. The first-order chi connectivity index (χ1) is 11.7. The van der Waals surface area contributed by atoms with Crippen molar-refractivity contribution in [2.75, 3.05) is 26.7 Å². The van der Waals surface area contributed by atoms with Gasteiger partial charge in [-0.05, 0) is 30.8 Å². The number of allylic oxidation sites excluding steroid dienone is 1. The maximum atomic E-state index is 11.6. The monoisotopic (exact) mass is 363 g/mol. The number of thiazole rings is 1. The molecule has 1 fully saturated rings. The van der Waals surface area contributed by atoms with Crippen molar-refractivity contribution in [3.05, 3.63) is 28.2 Å².